The molecule has 0 aliphatic rings. The third-order valence-electron chi connectivity index (χ3n) is 4.22. The number of unbranched alkanes of at least 4 members (excludes halogenated alkanes) is 2. The highest BCUT2D eigenvalue weighted by molar-refractivity contribution is 7.80. The quantitative estimate of drug-likeness (QED) is 0.321. The van der Waals surface area contributed by atoms with E-state index in [4.69, 9.17) is 27.1 Å². The minimum absolute atomic E-state index is 0.248. The van der Waals surface area contributed by atoms with Gasteiger partial charge >= 0.3 is 0 Å². The van der Waals surface area contributed by atoms with Crippen LogP contribution < -0.4 is 21.1 Å². The molecule has 0 amide bonds. The lowest BCUT2D eigenvalue weighted by Gasteiger charge is -2.11. The molecule has 5 nitrogen and oxygen atoms in total. The van der Waals surface area contributed by atoms with Crippen LogP contribution in [0.15, 0.2) is 71.3 Å². The fraction of sp³-hybridized carbons (Fsp3) is 0.227. The molecule has 2 aromatic carbocycles. The summed E-state index contributed by atoms with van der Waals surface area (Å²) in [4.78, 5) is 0. The zero-order chi connectivity index (χ0) is 19.6. The molecule has 0 spiro atoms. The van der Waals surface area contributed by atoms with Gasteiger partial charge in [-0.15, -0.1) is 0 Å². The average Bonchev–Trinajstić information content (AvgIpc) is 3.22. The molecule has 4 N–H and O–H groups in total. The van der Waals surface area contributed by atoms with Gasteiger partial charge in [0.1, 0.15) is 11.5 Å². The van der Waals surface area contributed by atoms with Crippen LogP contribution in [0.1, 0.15) is 19.3 Å². The highest BCUT2D eigenvalue weighted by Gasteiger charge is 2.06. The van der Waals surface area contributed by atoms with Crippen molar-refractivity contribution in [2.75, 3.05) is 23.8 Å². The van der Waals surface area contributed by atoms with E-state index in [2.05, 4.69) is 22.8 Å². The Hall–Kier alpha value is -2.99. The van der Waals surface area contributed by atoms with E-state index in [0.29, 0.717) is 6.61 Å². The molecule has 0 saturated carbocycles. The number of rotatable bonds is 10. The molecule has 0 fully saturated rings. The molecule has 0 saturated heterocycles. The fourth-order valence-corrected chi connectivity index (χ4v) is 3.02. The summed E-state index contributed by atoms with van der Waals surface area (Å²) in [5.41, 5.74) is 8.51. The van der Waals surface area contributed by atoms with Gasteiger partial charge in [-0.2, -0.15) is 0 Å². The predicted octanol–water partition coefficient (Wildman–Crippen LogP) is 5.26. The minimum atomic E-state index is 0.248. The van der Waals surface area contributed by atoms with Crippen molar-refractivity contribution in [2.45, 2.75) is 19.3 Å². The standard InChI is InChI=1S/C22H25N3O2S/c23-22(28)25-17-8-6-9-18(16-17)26-14-5-1-4-13-24-20-11-3-2-10-19(20)21-12-7-15-27-21/h2-3,6-12,15-16,24H,1,4-5,13-14H2,(H3,23,25,28). The lowest BCUT2D eigenvalue weighted by molar-refractivity contribution is 0.306. The van der Waals surface area contributed by atoms with E-state index in [9.17, 15) is 0 Å². The summed E-state index contributed by atoms with van der Waals surface area (Å²) in [5, 5.41) is 6.66. The molecular formula is C22H25N3O2S. The van der Waals surface area contributed by atoms with Crippen molar-refractivity contribution in [2.24, 2.45) is 5.73 Å². The van der Waals surface area contributed by atoms with Crippen LogP contribution in [0, 0.1) is 0 Å². The highest BCUT2D eigenvalue weighted by atomic mass is 32.1. The van der Waals surface area contributed by atoms with E-state index < -0.39 is 0 Å². The number of para-hydroxylation sites is 1. The molecule has 28 heavy (non-hydrogen) atoms. The molecule has 6 heteroatoms. The Labute approximate surface area is 170 Å². The van der Waals surface area contributed by atoms with Gasteiger partial charge in [-0.25, -0.2) is 0 Å². The van der Waals surface area contributed by atoms with Gasteiger partial charge in [-0.3, -0.25) is 0 Å². The second kappa shape index (κ2) is 10.4. The van der Waals surface area contributed by atoms with Gasteiger partial charge in [-0.05, 0) is 67.9 Å². The number of nitrogens with two attached hydrogens (primary N) is 1. The molecule has 0 atom stereocenters. The first-order chi connectivity index (χ1) is 13.7. The van der Waals surface area contributed by atoms with E-state index in [1.54, 1.807) is 6.26 Å². The first-order valence-corrected chi connectivity index (χ1v) is 9.79. The Kier molecular flexibility index (Phi) is 7.32. The normalized spacial score (nSPS) is 10.4. The van der Waals surface area contributed by atoms with Crippen molar-refractivity contribution in [1.29, 1.82) is 0 Å². The van der Waals surface area contributed by atoms with Crippen LogP contribution in [0.5, 0.6) is 5.75 Å². The molecule has 146 valence electrons. The molecule has 0 unspecified atom stereocenters. The second-order valence-corrected chi connectivity index (χ2v) is 6.82. The third-order valence-corrected chi connectivity index (χ3v) is 4.32. The number of hydrogen-bond donors (Lipinski definition) is 3. The van der Waals surface area contributed by atoms with Gasteiger partial charge in [0.05, 0.1) is 12.9 Å². The summed E-state index contributed by atoms with van der Waals surface area (Å²) < 4.78 is 11.3. The first kappa shape index (κ1) is 19.8. The number of anilines is 2. The number of nitrogens with one attached hydrogen (secondary N) is 2. The van der Waals surface area contributed by atoms with Crippen molar-refractivity contribution in [3.8, 4) is 17.1 Å². The molecule has 1 aromatic heterocycles. The van der Waals surface area contributed by atoms with Gasteiger partial charge < -0.3 is 25.5 Å². The lowest BCUT2D eigenvalue weighted by atomic mass is 10.1. The summed E-state index contributed by atoms with van der Waals surface area (Å²) in [6, 6.07) is 19.7. The third kappa shape index (κ3) is 6.03. The van der Waals surface area contributed by atoms with Crippen LogP contribution in [0.3, 0.4) is 0 Å². The van der Waals surface area contributed by atoms with Gasteiger partial charge in [0.2, 0.25) is 0 Å². The Morgan fingerprint density at radius 1 is 1.00 bits per heavy atom. The smallest absolute Gasteiger partial charge is 0.168 e. The number of furan rings is 1. The molecule has 1 heterocycles. The summed E-state index contributed by atoms with van der Waals surface area (Å²) in [5.74, 6) is 1.69. The van der Waals surface area contributed by atoms with Crippen molar-refractivity contribution < 1.29 is 9.15 Å². The highest BCUT2D eigenvalue weighted by Crippen LogP contribution is 2.28. The van der Waals surface area contributed by atoms with Crippen molar-refractivity contribution in [3.05, 3.63) is 66.9 Å². The van der Waals surface area contributed by atoms with E-state index >= 15 is 0 Å². The number of ether oxygens (including phenoxy) is 1. The van der Waals surface area contributed by atoms with Gasteiger partial charge in [0.15, 0.2) is 5.11 Å². The maximum atomic E-state index is 5.80. The molecule has 3 rings (SSSR count). The maximum Gasteiger partial charge on any atom is 0.168 e. The monoisotopic (exact) mass is 395 g/mol. The van der Waals surface area contributed by atoms with E-state index in [1.807, 2.05) is 48.5 Å². The number of thiocarbonyl (C=S) groups is 1. The van der Waals surface area contributed by atoms with Crippen LogP contribution in [0.2, 0.25) is 0 Å². The largest absolute Gasteiger partial charge is 0.494 e. The van der Waals surface area contributed by atoms with Gasteiger partial charge in [0, 0.05) is 29.5 Å². The minimum Gasteiger partial charge on any atom is -0.494 e. The zero-order valence-electron chi connectivity index (χ0n) is 15.7. The average molecular weight is 396 g/mol. The number of hydrogen-bond acceptors (Lipinski definition) is 4. The predicted molar refractivity (Wildman–Crippen MR) is 119 cm³/mol. The first-order valence-electron chi connectivity index (χ1n) is 9.38. The Morgan fingerprint density at radius 3 is 2.71 bits per heavy atom. The topological polar surface area (TPSA) is 72.5 Å². The van der Waals surface area contributed by atoms with Crippen LogP contribution in [0.4, 0.5) is 11.4 Å². The van der Waals surface area contributed by atoms with Gasteiger partial charge in [-0.1, -0.05) is 18.2 Å². The van der Waals surface area contributed by atoms with Gasteiger partial charge in [0.25, 0.3) is 0 Å². The summed E-state index contributed by atoms with van der Waals surface area (Å²) in [6.07, 6.45) is 4.84. The number of benzene rings is 2. The molecule has 0 aliphatic heterocycles. The van der Waals surface area contributed by atoms with Crippen LogP contribution >= 0.6 is 12.2 Å². The molecule has 3 aromatic rings. The zero-order valence-corrected chi connectivity index (χ0v) is 16.5. The Morgan fingerprint density at radius 2 is 1.89 bits per heavy atom. The molecular weight excluding hydrogens is 370 g/mol. The summed E-state index contributed by atoms with van der Waals surface area (Å²) in [6.45, 7) is 1.59. The van der Waals surface area contributed by atoms with E-state index in [1.165, 1.54) is 0 Å². The Balaban J connectivity index is 1.36. The second-order valence-electron chi connectivity index (χ2n) is 6.38. The Bertz CT molecular complexity index is 881. The SMILES string of the molecule is NC(=S)Nc1cccc(OCCCCCNc2ccccc2-c2ccco2)c1. The summed E-state index contributed by atoms with van der Waals surface area (Å²) >= 11 is 4.85. The van der Waals surface area contributed by atoms with Crippen molar-refractivity contribution in [3.63, 3.8) is 0 Å². The summed E-state index contributed by atoms with van der Waals surface area (Å²) in [7, 11) is 0. The fourth-order valence-electron chi connectivity index (χ4n) is 2.91. The van der Waals surface area contributed by atoms with Crippen LogP contribution in [-0.4, -0.2) is 18.3 Å². The van der Waals surface area contributed by atoms with Crippen molar-refractivity contribution >= 4 is 28.7 Å². The maximum absolute atomic E-state index is 5.80. The van der Waals surface area contributed by atoms with Crippen LogP contribution in [-0.2, 0) is 0 Å². The van der Waals surface area contributed by atoms with Crippen LogP contribution in [0.25, 0.3) is 11.3 Å². The molecule has 0 aliphatic carbocycles. The molecule has 0 bridgehead atoms. The van der Waals surface area contributed by atoms with E-state index in [0.717, 1.165) is 54.3 Å². The lowest BCUT2D eigenvalue weighted by Crippen LogP contribution is -2.18. The molecule has 0 radical (unpaired) electrons. The van der Waals surface area contributed by atoms with E-state index in [-0.39, 0.29) is 5.11 Å². The van der Waals surface area contributed by atoms with Crippen molar-refractivity contribution in [1.82, 2.24) is 0 Å².